The van der Waals surface area contributed by atoms with Crippen LogP contribution in [0, 0.1) is 0 Å². The van der Waals surface area contributed by atoms with Crippen molar-refractivity contribution in [3.05, 3.63) is 18.0 Å². The van der Waals surface area contributed by atoms with E-state index in [1.165, 1.54) is 0 Å². The molecule has 20 heavy (non-hydrogen) atoms. The second-order valence-corrected chi connectivity index (χ2v) is 5.72. The van der Waals surface area contributed by atoms with Crippen LogP contribution >= 0.6 is 0 Å². The highest BCUT2D eigenvalue weighted by Crippen LogP contribution is 2.06. The summed E-state index contributed by atoms with van der Waals surface area (Å²) in [4.78, 5) is 11.4. The average molecular weight is 282 g/mol. The molecule has 114 valence electrons. The van der Waals surface area contributed by atoms with E-state index in [1.807, 2.05) is 37.8 Å². The SMILES string of the molecule is CCCn1cc(CNCCNC(=O)OC(C)(C)C)cn1. The Morgan fingerprint density at radius 2 is 2.15 bits per heavy atom. The first-order valence-corrected chi connectivity index (χ1v) is 7.09. The number of hydrogen-bond donors (Lipinski definition) is 2. The Labute approximate surface area is 120 Å². The largest absolute Gasteiger partial charge is 0.444 e. The van der Waals surface area contributed by atoms with Gasteiger partial charge in [-0.3, -0.25) is 4.68 Å². The monoisotopic (exact) mass is 282 g/mol. The fourth-order valence-electron chi connectivity index (χ4n) is 1.65. The van der Waals surface area contributed by atoms with Gasteiger partial charge in [0, 0.05) is 37.9 Å². The van der Waals surface area contributed by atoms with E-state index >= 15 is 0 Å². The van der Waals surface area contributed by atoms with Crippen LogP contribution in [-0.4, -0.2) is 34.6 Å². The lowest BCUT2D eigenvalue weighted by Crippen LogP contribution is -2.36. The molecular weight excluding hydrogens is 256 g/mol. The molecule has 0 bridgehead atoms. The lowest BCUT2D eigenvalue weighted by molar-refractivity contribution is 0.0528. The molecule has 0 radical (unpaired) electrons. The van der Waals surface area contributed by atoms with E-state index in [0.717, 1.165) is 25.1 Å². The number of alkyl carbamates (subject to hydrolysis) is 1. The normalized spacial score (nSPS) is 11.4. The van der Waals surface area contributed by atoms with Crippen LogP contribution in [0.15, 0.2) is 12.4 Å². The first-order chi connectivity index (χ1) is 9.40. The minimum Gasteiger partial charge on any atom is -0.444 e. The fourth-order valence-corrected chi connectivity index (χ4v) is 1.65. The van der Waals surface area contributed by atoms with E-state index < -0.39 is 5.60 Å². The standard InChI is InChI=1S/C14H26N4O2/c1-5-8-18-11-12(10-17-18)9-15-6-7-16-13(19)20-14(2,3)4/h10-11,15H,5-9H2,1-4H3,(H,16,19). The molecule has 0 aliphatic rings. The van der Waals surface area contributed by atoms with Gasteiger partial charge >= 0.3 is 6.09 Å². The lowest BCUT2D eigenvalue weighted by Gasteiger charge is -2.19. The second-order valence-electron chi connectivity index (χ2n) is 5.72. The van der Waals surface area contributed by atoms with Crippen molar-refractivity contribution in [1.82, 2.24) is 20.4 Å². The van der Waals surface area contributed by atoms with Crippen LogP contribution in [-0.2, 0) is 17.8 Å². The van der Waals surface area contributed by atoms with Gasteiger partial charge < -0.3 is 15.4 Å². The molecule has 0 aliphatic heterocycles. The molecule has 0 unspecified atom stereocenters. The average Bonchev–Trinajstić information content (AvgIpc) is 2.74. The number of hydrogen-bond acceptors (Lipinski definition) is 4. The van der Waals surface area contributed by atoms with Gasteiger partial charge in [-0.05, 0) is 27.2 Å². The molecule has 0 saturated heterocycles. The van der Waals surface area contributed by atoms with Crippen molar-refractivity contribution in [3.8, 4) is 0 Å². The Morgan fingerprint density at radius 3 is 2.80 bits per heavy atom. The molecule has 0 aliphatic carbocycles. The summed E-state index contributed by atoms with van der Waals surface area (Å²) < 4.78 is 7.08. The second kappa shape index (κ2) is 7.89. The Bertz CT molecular complexity index is 410. The summed E-state index contributed by atoms with van der Waals surface area (Å²) in [6.07, 6.45) is 4.60. The summed E-state index contributed by atoms with van der Waals surface area (Å²) in [6.45, 7) is 10.6. The Balaban J connectivity index is 2.11. The predicted molar refractivity (Wildman–Crippen MR) is 78.5 cm³/mol. The number of carbonyl (C=O) groups excluding carboxylic acids is 1. The molecule has 0 fully saturated rings. The quantitative estimate of drug-likeness (QED) is 0.750. The highest BCUT2D eigenvalue weighted by molar-refractivity contribution is 5.67. The molecule has 0 aromatic carbocycles. The van der Waals surface area contributed by atoms with Crippen LogP contribution in [0.1, 0.15) is 39.7 Å². The van der Waals surface area contributed by atoms with E-state index in [2.05, 4.69) is 22.7 Å². The lowest BCUT2D eigenvalue weighted by atomic mass is 10.2. The first kappa shape index (κ1) is 16.5. The van der Waals surface area contributed by atoms with E-state index in [0.29, 0.717) is 13.1 Å². The van der Waals surface area contributed by atoms with E-state index in [1.54, 1.807) is 0 Å². The first-order valence-electron chi connectivity index (χ1n) is 7.09. The molecule has 1 amide bonds. The maximum Gasteiger partial charge on any atom is 0.407 e. The number of aryl methyl sites for hydroxylation is 1. The predicted octanol–water partition coefficient (Wildman–Crippen LogP) is 1.91. The number of aromatic nitrogens is 2. The zero-order valence-electron chi connectivity index (χ0n) is 12.9. The van der Waals surface area contributed by atoms with Crippen LogP contribution < -0.4 is 10.6 Å². The third-order valence-corrected chi connectivity index (χ3v) is 2.44. The molecule has 0 atom stereocenters. The topological polar surface area (TPSA) is 68.2 Å². The van der Waals surface area contributed by atoms with Crippen LogP contribution in [0.25, 0.3) is 0 Å². The van der Waals surface area contributed by atoms with Crippen molar-refractivity contribution in [2.24, 2.45) is 0 Å². The van der Waals surface area contributed by atoms with Gasteiger partial charge in [0.05, 0.1) is 6.20 Å². The van der Waals surface area contributed by atoms with Gasteiger partial charge in [0.15, 0.2) is 0 Å². The zero-order valence-corrected chi connectivity index (χ0v) is 12.9. The third-order valence-electron chi connectivity index (χ3n) is 2.44. The van der Waals surface area contributed by atoms with Crippen LogP contribution in [0.4, 0.5) is 4.79 Å². The summed E-state index contributed by atoms with van der Waals surface area (Å²) in [5, 5.41) is 10.2. The summed E-state index contributed by atoms with van der Waals surface area (Å²) in [5.74, 6) is 0. The minimum absolute atomic E-state index is 0.380. The molecular formula is C14H26N4O2. The number of amides is 1. The van der Waals surface area contributed by atoms with Crippen molar-refractivity contribution < 1.29 is 9.53 Å². The molecule has 6 heteroatoms. The Hall–Kier alpha value is -1.56. The number of nitrogens with one attached hydrogen (secondary N) is 2. The number of nitrogens with zero attached hydrogens (tertiary/aromatic N) is 2. The number of rotatable bonds is 7. The molecule has 1 heterocycles. The van der Waals surface area contributed by atoms with Crippen molar-refractivity contribution in [2.45, 2.75) is 52.8 Å². The van der Waals surface area contributed by atoms with Gasteiger partial charge in [-0.2, -0.15) is 5.10 Å². The Morgan fingerprint density at radius 1 is 1.40 bits per heavy atom. The van der Waals surface area contributed by atoms with Gasteiger partial charge in [-0.25, -0.2) is 4.79 Å². The van der Waals surface area contributed by atoms with Gasteiger partial charge in [0.1, 0.15) is 5.60 Å². The van der Waals surface area contributed by atoms with E-state index in [9.17, 15) is 4.79 Å². The number of carbonyl (C=O) groups is 1. The van der Waals surface area contributed by atoms with Crippen molar-refractivity contribution >= 4 is 6.09 Å². The summed E-state index contributed by atoms with van der Waals surface area (Å²) in [5.41, 5.74) is 0.696. The highest BCUT2D eigenvalue weighted by Gasteiger charge is 2.15. The summed E-state index contributed by atoms with van der Waals surface area (Å²) >= 11 is 0. The smallest absolute Gasteiger partial charge is 0.407 e. The van der Waals surface area contributed by atoms with Gasteiger partial charge in [-0.1, -0.05) is 6.92 Å². The molecule has 6 nitrogen and oxygen atoms in total. The van der Waals surface area contributed by atoms with Crippen LogP contribution in [0.5, 0.6) is 0 Å². The van der Waals surface area contributed by atoms with Crippen LogP contribution in [0.2, 0.25) is 0 Å². The molecule has 1 aromatic rings. The summed E-state index contributed by atoms with van der Waals surface area (Å²) in [7, 11) is 0. The van der Waals surface area contributed by atoms with E-state index in [-0.39, 0.29) is 6.09 Å². The molecule has 2 N–H and O–H groups in total. The minimum atomic E-state index is -0.453. The Kier molecular flexibility index (Phi) is 6.51. The molecule has 0 saturated carbocycles. The van der Waals surface area contributed by atoms with Gasteiger partial charge in [-0.15, -0.1) is 0 Å². The zero-order chi connectivity index (χ0) is 15.0. The fraction of sp³-hybridized carbons (Fsp3) is 0.714. The van der Waals surface area contributed by atoms with Crippen molar-refractivity contribution in [1.29, 1.82) is 0 Å². The summed E-state index contributed by atoms with van der Waals surface area (Å²) in [6, 6.07) is 0. The van der Waals surface area contributed by atoms with E-state index in [4.69, 9.17) is 4.74 Å². The van der Waals surface area contributed by atoms with Crippen LogP contribution in [0.3, 0.4) is 0 Å². The van der Waals surface area contributed by atoms with Gasteiger partial charge in [0.25, 0.3) is 0 Å². The van der Waals surface area contributed by atoms with Crippen molar-refractivity contribution in [2.75, 3.05) is 13.1 Å². The van der Waals surface area contributed by atoms with Gasteiger partial charge in [0.2, 0.25) is 0 Å². The number of ether oxygens (including phenoxy) is 1. The molecule has 0 spiro atoms. The third kappa shape index (κ3) is 7.13. The maximum absolute atomic E-state index is 11.4. The maximum atomic E-state index is 11.4. The molecule has 1 aromatic heterocycles. The molecule has 1 rings (SSSR count). The van der Waals surface area contributed by atoms with Crippen molar-refractivity contribution in [3.63, 3.8) is 0 Å². The highest BCUT2D eigenvalue weighted by atomic mass is 16.6.